The molecule has 2 atom stereocenters. The van der Waals surface area contributed by atoms with E-state index >= 15 is 0 Å². The molecular weight excluding hydrogens is 312 g/mol. The van der Waals surface area contributed by atoms with Gasteiger partial charge < -0.3 is 23.7 Å². The summed E-state index contributed by atoms with van der Waals surface area (Å²) in [6, 6.07) is 0. The van der Waals surface area contributed by atoms with Gasteiger partial charge in [0.25, 0.3) is 0 Å². The summed E-state index contributed by atoms with van der Waals surface area (Å²) in [5.41, 5.74) is 0. The van der Waals surface area contributed by atoms with Crippen LogP contribution in [-0.2, 0) is 42.9 Å². The lowest BCUT2D eigenvalue weighted by Gasteiger charge is -2.26. The van der Waals surface area contributed by atoms with E-state index in [0.29, 0.717) is 0 Å². The van der Waals surface area contributed by atoms with Gasteiger partial charge in [-0.15, -0.1) is 0 Å². The van der Waals surface area contributed by atoms with Gasteiger partial charge in [-0.1, -0.05) is 0 Å². The molecule has 0 aliphatic carbocycles. The van der Waals surface area contributed by atoms with Gasteiger partial charge in [0.1, 0.15) is 25.9 Å². The highest BCUT2D eigenvalue weighted by Gasteiger charge is 2.28. The highest BCUT2D eigenvalue weighted by molar-refractivity contribution is 5.67. The first-order valence-electron chi connectivity index (χ1n) is 6.91. The Balaban J connectivity index is 4.74. The Kier molecular flexibility index (Phi) is 10.3. The number of carbonyl (C=O) groups excluding carboxylic acids is 4. The second kappa shape index (κ2) is 11.4. The van der Waals surface area contributed by atoms with Gasteiger partial charge in [0.15, 0.2) is 6.10 Å². The van der Waals surface area contributed by atoms with Gasteiger partial charge in [-0.05, 0) is 0 Å². The molecule has 0 aromatic rings. The van der Waals surface area contributed by atoms with Crippen molar-refractivity contribution in [2.24, 2.45) is 0 Å². The van der Waals surface area contributed by atoms with Crippen LogP contribution in [0.5, 0.6) is 0 Å². The third-order valence-corrected chi connectivity index (χ3v) is 2.35. The molecule has 0 heterocycles. The van der Waals surface area contributed by atoms with E-state index < -0.39 is 36.1 Å². The molecule has 0 bridgehead atoms. The van der Waals surface area contributed by atoms with Gasteiger partial charge in [-0.2, -0.15) is 0 Å². The fourth-order valence-corrected chi connectivity index (χ4v) is 1.48. The van der Waals surface area contributed by atoms with Crippen molar-refractivity contribution in [3.63, 3.8) is 0 Å². The van der Waals surface area contributed by atoms with E-state index in [-0.39, 0.29) is 26.4 Å². The zero-order valence-electron chi connectivity index (χ0n) is 13.7. The molecule has 0 rings (SSSR count). The number of ether oxygens (including phenoxy) is 5. The van der Waals surface area contributed by atoms with Gasteiger partial charge in [0.2, 0.25) is 0 Å². The average Bonchev–Trinajstić information content (AvgIpc) is 2.41. The highest BCUT2D eigenvalue weighted by Crippen LogP contribution is 2.08. The lowest BCUT2D eigenvalue weighted by atomic mass is 10.2. The molecule has 132 valence electrons. The third-order valence-electron chi connectivity index (χ3n) is 2.35. The van der Waals surface area contributed by atoms with Crippen LogP contribution in [0.4, 0.5) is 0 Å². The van der Waals surface area contributed by atoms with Crippen molar-refractivity contribution >= 4 is 23.9 Å². The molecule has 23 heavy (non-hydrogen) atoms. The summed E-state index contributed by atoms with van der Waals surface area (Å²) in [5.74, 6) is -2.19. The van der Waals surface area contributed by atoms with Crippen LogP contribution in [-0.4, -0.2) is 62.5 Å². The SMILES string of the molecule is CC(=O)OCCOC(COC(C)=O)[C@H](COC(C)=O)OC(C)=O. The molecule has 0 spiro atoms. The smallest absolute Gasteiger partial charge is 0.303 e. The first-order valence-corrected chi connectivity index (χ1v) is 6.91. The third kappa shape index (κ3) is 12.1. The van der Waals surface area contributed by atoms with Crippen molar-refractivity contribution in [3.05, 3.63) is 0 Å². The Hall–Kier alpha value is -2.16. The van der Waals surface area contributed by atoms with Crippen LogP contribution in [0.3, 0.4) is 0 Å². The van der Waals surface area contributed by atoms with Crippen molar-refractivity contribution in [2.45, 2.75) is 39.9 Å². The van der Waals surface area contributed by atoms with E-state index in [1.807, 2.05) is 0 Å². The Labute approximate surface area is 134 Å². The van der Waals surface area contributed by atoms with Gasteiger partial charge in [-0.25, -0.2) is 0 Å². The Morgan fingerprint density at radius 1 is 0.652 bits per heavy atom. The molecular formula is C14H22O9. The standard InChI is InChI=1S/C14H22O9/c1-9(15)19-5-6-20-13(7-21-10(2)16)14(23-12(4)18)8-22-11(3)17/h13-14H,5-8H2,1-4H3/t13?,14-/m0/s1. The lowest BCUT2D eigenvalue weighted by Crippen LogP contribution is -2.41. The monoisotopic (exact) mass is 334 g/mol. The lowest BCUT2D eigenvalue weighted by molar-refractivity contribution is -0.174. The molecule has 0 radical (unpaired) electrons. The van der Waals surface area contributed by atoms with E-state index in [9.17, 15) is 19.2 Å². The molecule has 0 aliphatic rings. The molecule has 0 fully saturated rings. The van der Waals surface area contributed by atoms with Crippen molar-refractivity contribution in [1.29, 1.82) is 0 Å². The van der Waals surface area contributed by atoms with Crippen LogP contribution >= 0.6 is 0 Å². The summed E-state index contributed by atoms with van der Waals surface area (Å²) in [6.45, 7) is 4.34. The quantitative estimate of drug-likeness (QED) is 0.309. The Bertz CT molecular complexity index is 418. The predicted octanol–water partition coefficient (Wildman–Crippen LogP) is -0.00740. The second-order valence-corrected chi connectivity index (χ2v) is 4.50. The van der Waals surface area contributed by atoms with Crippen LogP contribution in [0.25, 0.3) is 0 Å². The summed E-state index contributed by atoms with van der Waals surface area (Å²) >= 11 is 0. The molecule has 0 saturated heterocycles. The first kappa shape index (κ1) is 20.8. The fourth-order valence-electron chi connectivity index (χ4n) is 1.48. The van der Waals surface area contributed by atoms with Crippen molar-refractivity contribution in [2.75, 3.05) is 26.4 Å². The topological polar surface area (TPSA) is 114 Å². The van der Waals surface area contributed by atoms with E-state index in [4.69, 9.17) is 23.7 Å². The molecule has 0 aromatic carbocycles. The summed E-state index contributed by atoms with van der Waals surface area (Å²) in [6.07, 6.45) is -1.84. The van der Waals surface area contributed by atoms with Gasteiger partial charge >= 0.3 is 23.9 Å². The average molecular weight is 334 g/mol. The van der Waals surface area contributed by atoms with Crippen LogP contribution in [0.2, 0.25) is 0 Å². The van der Waals surface area contributed by atoms with Crippen LogP contribution in [0.15, 0.2) is 0 Å². The molecule has 0 saturated carbocycles. The van der Waals surface area contributed by atoms with Crippen LogP contribution < -0.4 is 0 Å². The first-order chi connectivity index (χ1) is 10.7. The zero-order valence-corrected chi connectivity index (χ0v) is 13.7. The van der Waals surface area contributed by atoms with Gasteiger partial charge in [0.05, 0.1) is 6.61 Å². The summed E-state index contributed by atoms with van der Waals surface area (Å²) < 4.78 is 24.8. The fraction of sp³-hybridized carbons (Fsp3) is 0.714. The summed E-state index contributed by atoms with van der Waals surface area (Å²) in [4.78, 5) is 43.7. The minimum absolute atomic E-state index is 0.0106. The van der Waals surface area contributed by atoms with E-state index in [1.54, 1.807) is 0 Å². The molecule has 9 nitrogen and oxygen atoms in total. The van der Waals surface area contributed by atoms with Crippen LogP contribution in [0.1, 0.15) is 27.7 Å². The molecule has 0 amide bonds. The number of carbonyl (C=O) groups is 4. The van der Waals surface area contributed by atoms with Crippen LogP contribution in [0, 0.1) is 0 Å². The van der Waals surface area contributed by atoms with Gasteiger partial charge in [0, 0.05) is 27.7 Å². The zero-order chi connectivity index (χ0) is 17.8. The van der Waals surface area contributed by atoms with Crippen molar-refractivity contribution in [3.8, 4) is 0 Å². The molecule has 0 aliphatic heterocycles. The molecule has 0 aromatic heterocycles. The maximum atomic E-state index is 11.2. The number of rotatable bonds is 10. The van der Waals surface area contributed by atoms with E-state index in [1.165, 1.54) is 27.7 Å². The minimum Gasteiger partial charge on any atom is -0.463 e. The van der Waals surface area contributed by atoms with E-state index in [0.717, 1.165) is 0 Å². The largest absolute Gasteiger partial charge is 0.463 e. The number of hydrogen-bond donors (Lipinski definition) is 0. The van der Waals surface area contributed by atoms with E-state index in [2.05, 4.69) is 0 Å². The number of hydrogen-bond acceptors (Lipinski definition) is 9. The van der Waals surface area contributed by atoms with Gasteiger partial charge in [-0.3, -0.25) is 19.2 Å². The molecule has 0 N–H and O–H groups in total. The summed E-state index contributed by atoms with van der Waals surface area (Å²) in [7, 11) is 0. The predicted molar refractivity (Wildman–Crippen MR) is 75.2 cm³/mol. The maximum Gasteiger partial charge on any atom is 0.303 e. The van der Waals surface area contributed by atoms with Crippen molar-refractivity contribution in [1.82, 2.24) is 0 Å². The highest BCUT2D eigenvalue weighted by atomic mass is 16.6. The summed E-state index contributed by atoms with van der Waals surface area (Å²) in [5, 5.41) is 0. The van der Waals surface area contributed by atoms with Crippen molar-refractivity contribution < 1.29 is 42.9 Å². The minimum atomic E-state index is -0.965. The Morgan fingerprint density at radius 3 is 1.57 bits per heavy atom. The maximum absolute atomic E-state index is 11.2. The second-order valence-electron chi connectivity index (χ2n) is 4.50. The Morgan fingerprint density at radius 2 is 1.13 bits per heavy atom. The molecule has 1 unspecified atom stereocenters. The molecule has 9 heteroatoms. The normalized spacial score (nSPS) is 12.7. The number of esters is 4.